The van der Waals surface area contributed by atoms with Crippen LogP contribution in [0.1, 0.15) is 5.69 Å². The second kappa shape index (κ2) is 4.24. The SMILES string of the molecule is Cc1[nH]c2ccc(Cl)cc2c1N1CCNCC1. The van der Waals surface area contributed by atoms with E-state index >= 15 is 0 Å². The number of aromatic nitrogens is 1. The Kier molecular flexibility index (Phi) is 2.73. The Hall–Kier alpha value is -1.19. The molecule has 0 atom stereocenters. The molecule has 90 valence electrons. The van der Waals surface area contributed by atoms with Gasteiger partial charge in [0.25, 0.3) is 0 Å². The van der Waals surface area contributed by atoms with Crippen LogP contribution in [0.5, 0.6) is 0 Å². The van der Waals surface area contributed by atoms with Gasteiger partial charge in [-0.3, -0.25) is 0 Å². The molecule has 0 aliphatic carbocycles. The third-order valence-electron chi connectivity index (χ3n) is 3.35. The molecule has 4 heteroatoms. The van der Waals surface area contributed by atoms with Crippen LogP contribution in [-0.2, 0) is 0 Å². The topological polar surface area (TPSA) is 31.1 Å². The van der Waals surface area contributed by atoms with Crippen LogP contribution < -0.4 is 10.2 Å². The van der Waals surface area contributed by atoms with Gasteiger partial charge in [0.05, 0.1) is 5.69 Å². The predicted molar refractivity (Wildman–Crippen MR) is 73.1 cm³/mol. The van der Waals surface area contributed by atoms with Crippen LogP contribution in [0.15, 0.2) is 18.2 Å². The molecule has 1 aliphatic rings. The van der Waals surface area contributed by atoms with Gasteiger partial charge >= 0.3 is 0 Å². The second-order valence-corrected chi connectivity index (χ2v) is 4.96. The minimum absolute atomic E-state index is 0.799. The molecule has 17 heavy (non-hydrogen) atoms. The summed E-state index contributed by atoms with van der Waals surface area (Å²) in [6.45, 7) is 6.34. The minimum atomic E-state index is 0.799. The third-order valence-corrected chi connectivity index (χ3v) is 3.58. The number of hydrogen-bond donors (Lipinski definition) is 2. The van der Waals surface area contributed by atoms with Gasteiger partial charge in [-0.1, -0.05) is 11.6 Å². The molecule has 0 spiro atoms. The van der Waals surface area contributed by atoms with Crippen molar-refractivity contribution >= 4 is 28.2 Å². The van der Waals surface area contributed by atoms with E-state index in [1.807, 2.05) is 6.07 Å². The highest BCUT2D eigenvalue weighted by Crippen LogP contribution is 2.32. The molecule has 1 aromatic heterocycles. The molecule has 2 heterocycles. The van der Waals surface area contributed by atoms with E-state index < -0.39 is 0 Å². The molecule has 1 aliphatic heterocycles. The van der Waals surface area contributed by atoms with Crippen molar-refractivity contribution in [2.24, 2.45) is 0 Å². The monoisotopic (exact) mass is 249 g/mol. The molecule has 2 aromatic rings. The second-order valence-electron chi connectivity index (χ2n) is 4.53. The Morgan fingerprint density at radius 1 is 1.24 bits per heavy atom. The fourth-order valence-corrected chi connectivity index (χ4v) is 2.75. The van der Waals surface area contributed by atoms with Gasteiger partial charge < -0.3 is 15.2 Å². The number of piperazine rings is 1. The van der Waals surface area contributed by atoms with Gasteiger partial charge in [0, 0.05) is 47.8 Å². The molecule has 0 saturated carbocycles. The number of hydrogen-bond acceptors (Lipinski definition) is 2. The van der Waals surface area contributed by atoms with Gasteiger partial charge in [-0.05, 0) is 25.1 Å². The molecule has 1 saturated heterocycles. The largest absolute Gasteiger partial charge is 0.367 e. The number of fused-ring (bicyclic) bond motifs is 1. The van der Waals surface area contributed by atoms with Crippen molar-refractivity contribution in [1.82, 2.24) is 10.3 Å². The van der Waals surface area contributed by atoms with E-state index in [0.717, 1.165) is 31.2 Å². The van der Waals surface area contributed by atoms with Gasteiger partial charge in [-0.25, -0.2) is 0 Å². The maximum Gasteiger partial charge on any atom is 0.0655 e. The van der Waals surface area contributed by atoms with Crippen molar-refractivity contribution in [2.45, 2.75) is 6.92 Å². The molecular formula is C13H16ClN3. The van der Waals surface area contributed by atoms with Gasteiger partial charge in [0.2, 0.25) is 0 Å². The number of nitrogens with zero attached hydrogens (tertiary/aromatic N) is 1. The van der Waals surface area contributed by atoms with Crippen molar-refractivity contribution in [1.29, 1.82) is 0 Å². The lowest BCUT2D eigenvalue weighted by molar-refractivity contribution is 0.589. The fraction of sp³-hybridized carbons (Fsp3) is 0.385. The molecule has 0 amide bonds. The zero-order valence-electron chi connectivity index (χ0n) is 9.89. The minimum Gasteiger partial charge on any atom is -0.367 e. The van der Waals surface area contributed by atoms with E-state index in [1.54, 1.807) is 0 Å². The van der Waals surface area contributed by atoms with Crippen LogP contribution >= 0.6 is 11.6 Å². The molecule has 1 fully saturated rings. The standard InChI is InChI=1S/C13H16ClN3/c1-9-13(17-6-4-15-5-7-17)11-8-10(14)2-3-12(11)16-9/h2-3,8,15-16H,4-7H2,1H3. The summed E-state index contributed by atoms with van der Waals surface area (Å²) in [6.07, 6.45) is 0. The molecule has 1 aromatic carbocycles. The summed E-state index contributed by atoms with van der Waals surface area (Å²) in [4.78, 5) is 5.86. The van der Waals surface area contributed by atoms with Gasteiger partial charge in [-0.15, -0.1) is 0 Å². The zero-order valence-corrected chi connectivity index (χ0v) is 10.6. The fourth-order valence-electron chi connectivity index (χ4n) is 2.58. The number of nitrogens with one attached hydrogen (secondary N) is 2. The number of anilines is 1. The quantitative estimate of drug-likeness (QED) is 0.814. The zero-order chi connectivity index (χ0) is 11.8. The summed E-state index contributed by atoms with van der Waals surface area (Å²) < 4.78 is 0. The molecule has 3 nitrogen and oxygen atoms in total. The van der Waals surface area contributed by atoms with Crippen molar-refractivity contribution < 1.29 is 0 Å². The summed E-state index contributed by atoms with van der Waals surface area (Å²) in [5.41, 5.74) is 3.70. The van der Waals surface area contributed by atoms with Crippen LogP contribution in [0.3, 0.4) is 0 Å². The first-order chi connectivity index (χ1) is 8.25. The Morgan fingerprint density at radius 3 is 2.76 bits per heavy atom. The number of aromatic amines is 1. The summed E-state index contributed by atoms with van der Waals surface area (Å²) in [7, 11) is 0. The van der Waals surface area contributed by atoms with E-state index in [-0.39, 0.29) is 0 Å². The van der Waals surface area contributed by atoms with Crippen molar-refractivity contribution in [3.8, 4) is 0 Å². The van der Waals surface area contributed by atoms with E-state index in [4.69, 9.17) is 11.6 Å². The first kappa shape index (κ1) is 10.9. The van der Waals surface area contributed by atoms with Crippen LogP contribution in [0.4, 0.5) is 5.69 Å². The average molecular weight is 250 g/mol. The van der Waals surface area contributed by atoms with Gasteiger partial charge in [0.1, 0.15) is 0 Å². The summed E-state index contributed by atoms with van der Waals surface area (Å²) in [5, 5.41) is 5.41. The van der Waals surface area contributed by atoms with Gasteiger partial charge in [0.15, 0.2) is 0 Å². The highest BCUT2D eigenvalue weighted by molar-refractivity contribution is 6.31. The van der Waals surface area contributed by atoms with Crippen LogP contribution in [0.2, 0.25) is 5.02 Å². The lowest BCUT2D eigenvalue weighted by atomic mass is 10.2. The molecule has 0 bridgehead atoms. The maximum atomic E-state index is 6.09. The predicted octanol–water partition coefficient (Wildman–Crippen LogP) is 2.54. The van der Waals surface area contributed by atoms with E-state index in [9.17, 15) is 0 Å². The lowest BCUT2D eigenvalue weighted by Crippen LogP contribution is -2.43. The highest BCUT2D eigenvalue weighted by atomic mass is 35.5. The van der Waals surface area contributed by atoms with Gasteiger partial charge in [-0.2, -0.15) is 0 Å². The Bertz CT molecular complexity index is 541. The highest BCUT2D eigenvalue weighted by Gasteiger charge is 2.17. The summed E-state index contributed by atoms with van der Waals surface area (Å²) in [5.74, 6) is 0. The van der Waals surface area contributed by atoms with Crippen molar-refractivity contribution in [3.05, 3.63) is 28.9 Å². The van der Waals surface area contributed by atoms with Crippen molar-refractivity contribution in [3.63, 3.8) is 0 Å². The molecule has 0 radical (unpaired) electrons. The number of halogens is 1. The van der Waals surface area contributed by atoms with E-state index in [0.29, 0.717) is 0 Å². The normalized spacial score (nSPS) is 16.7. The first-order valence-electron chi connectivity index (χ1n) is 5.99. The number of aryl methyl sites for hydroxylation is 1. The lowest BCUT2D eigenvalue weighted by Gasteiger charge is -2.29. The average Bonchev–Trinajstić information content (AvgIpc) is 2.65. The van der Waals surface area contributed by atoms with Crippen molar-refractivity contribution in [2.75, 3.05) is 31.1 Å². The Morgan fingerprint density at radius 2 is 2.00 bits per heavy atom. The van der Waals surface area contributed by atoms with Crippen LogP contribution in [0.25, 0.3) is 10.9 Å². The molecule has 0 unspecified atom stereocenters. The number of rotatable bonds is 1. The van der Waals surface area contributed by atoms with E-state index in [2.05, 4.69) is 34.3 Å². The van der Waals surface area contributed by atoms with E-state index in [1.165, 1.54) is 22.3 Å². The third kappa shape index (κ3) is 1.90. The Labute approximate surface area is 106 Å². The number of benzene rings is 1. The molecular weight excluding hydrogens is 234 g/mol. The smallest absolute Gasteiger partial charge is 0.0655 e. The van der Waals surface area contributed by atoms with Crippen LogP contribution in [-0.4, -0.2) is 31.2 Å². The summed E-state index contributed by atoms with van der Waals surface area (Å²) >= 11 is 6.09. The summed E-state index contributed by atoms with van der Waals surface area (Å²) in [6, 6.07) is 6.04. The number of H-pyrrole nitrogens is 1. The molecule has 3 rings (SSSR count). The van der Waals surface area contributed by atoms with Crippen LogP contribution in [0, 0.1) is 6.92 Å². The first-order valence-corrected chi connectivity index (χ1v) is 6.37. The molecule has 2 N–H and O–H groups in total. The maximum absolute atomic E-state index is 6.09. The Balaban J connectivity index is 2.13.